The zero-order chi connectivity index (χ0) is 14.6. The average molecular weight is 297 g/mol. The minimum atomic E-state index is -3.39. The van der Waals surface area contributed by atoms with Crippen molar-refractivity contribution in [1.29, 1.82) is 0 Å². The molecule has 0 bridgehead atoms. The summed E-state index contributed by atoms with van der Waals surface area (Å²) < 4.78 is 26.8. The molecule has 0 aliphatic carbocycles. The fourth-order valence-corrected chi connectivity index (χ4v) is 4.20. The zero-order valence-electron chi connectivity index (χ0n) is 12.0. The van der Waals surface area contributed by atoms with Gasteiger partial charge in [-0.3, -0.25) is 0 Å². The first-order valence-corrected chi connectivity index (χ1v) is 8.72. The van der Waals surface area contributed by atoms with Gasteiger partial charge in [0.1, 0.15) is 0 Å². The largest absolute Gasteiger partial charge is 0.392 e. The minimum Gasteiger partial charge on any atom is -0.392 e. The minimum absolute atomic E-state index is 0.0672. The third-order valence-corrected chi connectivity index (χ3v) is 6.04. The smallest absolute Gasteiger partial charge is 0.243 e. The Hall–Kier alpha value is -0.910. The molecule has 1 aliphatic heterocycles. The number of rotatable bonds is 4. The first kappa shape index (κ1) is 15.5. The van der Waals surface area contributed by atoms with Crippen molar-refractivity contribution in [2.45, 2.75) is 44.1 Å². The van der Waals surface area contributed by atoms with Crippen LogP contribution in [0, 0.1) is 5.92 Å². The Morgan fingerprint density at radius 2 is 1.90 bits per heavy atom. The van der Waals surface area contributed by atoms with Gasteiger partial charge in [-0.25, -0.2) is 8.42 Å². The van der Waals surface area contributed by atoms with E-state index in [1.165, 1.54) is 0 Å². The summed E-state index contributed by atoms with van der Waals surface area (Å²) in [5, 5.41) is 9.01. The van der Waals surface area contributed by atoms with Crippen LogP contribution in [0.5, 0.6) is 0 Å². The third kappa shape index (κ3) is 3.40. The molecule has 1 N–H and O–H groups in total. The molecule has 1 aromatic rings. The molecule has 0 aromatic heterocycles. The Kier molecular flexibility index (Phi) is 5.18. The van der Waals surface area contributed by atoms with Gasteiger partial charge in [0, 0.05) is 13.1 Å². The monoisotopic (exact) mass is 297 g/mol. The molecule has 2 rings (SSSR count). The van der Waals surface area contributed by atoms with Gasteiger partial charge >= 0.3 is 0 Å². The summed E-state index contributed by atoms with van der Waals surface area (Å²) in [5.41, 5.74) is 0.728. The second kappa shape index (κ2) is 6.70. The highest BCUT2D eigenvalue weighted by atomic mass is 32.2. The summed E-state index contributed by atoms with van der Waals surface area (Å²) in [6.07, 6.45) is 4.13. The highest BCUT2D eigenvalue weighted by molar-refractivity contribution is 7.89. The average Bonchev–Trinajstić information content (AvgIpc) is 2.73. The van der Waals surface area contributed by atoms with Gasteiger partial charge in [-0.15, -0.1) is 0 Å². The summed E-state index contributed by atoms with van der Waals surface area (Å²) in [6, 6.07) is 6.51. The Balaban J connectivity index is 2.16. The van der Waals surface area contributed by atoms with E-state index in [-0.39, 0.29) is 6.61 Å². The predicted molar refractivity (Wildman–Crippen MR) is 78.8 cm³/mol. The lowest BCUT2D eigenvalue weighted by molar-refractivity contribution is 0.281. The number of aliphatic hydroxyl groups is 1. The van der Waals surface area contributed by atoms with Crippen molar-refractivity contribution in [2.24, 2.45) is 5.92 Å². The number of aliphatic hydroxyl groups excluding tert-OH is 1. The van der Waals surface area contributed by atoms with Crippen molar-refractivity contribution in [2.75, 3.05) is 13.1 Å². The van der Waals surface area contributed by atoms with Crippen LogP contribution in [0.3, 0.4) is 0 Å². The van der Waals surface area contributed by atoms with Gasteiger partial charge in [0.25, 0.3) is 0 Å². The van der Waals surface area contributed by atoms with E-state index in [0.717, 1.165) is 31.2 Å². The molecule has 1 saturated heterocycles. The highest BCUT2D eigenvalue weighted by Crippen LogP contribution is 2.25. The molecule has 0 spiro atoms. The molecule has 5 heteroatoms. The summed E-state index contributed by atoms with van der Waals surface area (Å²) in [5.74, 6) is 0.645. The van der Waals surface area contributed by atoms with Crippen molar-refractivity contribution in [3.05, 3.63) is 29.8 Å². The maximum atomic E-state index is 12.6. The first-order chi connectivity index (χ1) is 9.57. The van der Waals surface area contributed by atoms with Crippen molar-refractivity contribution in [1.82, 2.24) is 4.31 Å². The van der Waals surface area contributed by atoms with E-state index in [0.29, 0.717) is 23.9 Å². The molecule has 1 heterocycles. The lowest BCUT2D eigenvalue weighted by atomic mass is 9.98. The van der Waals surface area contributed by atoms with Crippen LogP contribution in [0.25, 0.3) is 0 Å². The topological polar surface area (TPSA) is 57.6 Å². The van der Waals surface area contributed by atoms with Crippen LogP contribution in [0.15, 0.2) is 29.2 Å². The van der Waals surface area contributed by atoms with Gasteiger partial charge in [-0.2, -0.15) is 4.31 Å². The number of nitrogens with zero attached hydrogens (tertiary/aromatic N) is 1. The van der Waals surface area contributed by atoms with Crippen LogP contribution >= 0.6 is 0 Å². The van der Waals surface area contributed by atoms with Crippen LogP contribution in [-0.2, 0) is 16.6 Å². The fraction of sp³-hybridized carbons (Fsp3) is 0.600. The Morgan fingerprint density at radius 3 is 2.50 bits per heavy atom. The summed E-state index contributed by atoms with van der Waals surface area (Å²) in [6.45, 7) is 3.33. The molecule has 112 valence electrons. The summed E-state index contributed by atoms with van der Waals surface area (Å²) in [7, 11) is -3.39. The lowest BCUT2D eigenvalue weighted by Crippen LogP contribution is -2.32. The Morgan fingerprint density at radius 1 is 1.20 bits per heavy atom. The second-order valence-corrected chi connectivity index (χ2v) is 7.35. The van der Waals surface area contributed by atoms with Crippen molar-refractivity contribution < 1.29 is 13.5 Å². The van der Waals surface area contributed by atoms with E-state index in [1.807, 2.05) is 0 Å². The van der Waals surface area contributed by atoms with Gasteiger partial charge < -0.3 is 5.11 Å². The SMILES string of the molecule is CCC1CCCN(S(=O)(=O)c2ccc(CO)cc2)CC1. The van der Waals surface area contributed by atoms with E-state index in [1.54, 1.807) is 28.6 Å². The van der Waals surface area contributed by atoms with E-state index < -0.39 is 10.0 Å². The molecule has 1 atom stereocenters. The zero-order valence-corrected chi connectivity index (χ0v) is 12.8. The number of sulfonamides is 1. The number of benzene rings is 1. The van der Waals surface area contributed by atoms with Crippen LogP contribution in [0.4, 0.5) is 0 Å². The van der Waals surface area contributed by atoms with E-state index >= 15 is 0 Å². The van der Waals surface area contributed by atoms with Crippen molar-refractivity contribution in [3.63, 3.8) is 0 Å². The van der Waals surface area contributed by atoms with Gasteiger partial charge in [-0.1, -0.05) is 25.5 Å². The number of hydrogen-bond donors (Lipinski definition) is 1. The van der Waals surface area contributed by atoms with E-state index in [4.69, 9.17) is 5.11 Å². The van der Waals surface area contributed by atoms with Gasteiger partial charge in [0.2, 0.25) is 10.0 Å². The van der Waals surface area contributed by atoms with Crippen LogP contribution in [0.1, 0.15) is 38.2 Å². The van der Waals surface area contributed by atoms with Gasteiger partial charge in [0.05, 0.1) is 11.5 Å². The molecule has 1 aliphatic rings. The quantitative estimate of drug-likeness (QED) is 0.928. The maximum Gasteiger partial charge on any atom is 0.243 e. The summed E-state index contributed by atoms with van der Waals surface area (Å²) >= 11 is 0. The number of hydrogen-bond acceptors (Lipinski definition) is 3. The fourth-order valence-electron chi connectivity index (χ4n) is 2.70. The van der Waals surface area contributed by atoms with Crippen LogP contribution in [0.2, 0.25) is 0 Å². The molecule has 20 heavy (non-hydrogen) atoms. The maximum absolute atomic E-state index is 12.6. The molecule has 0 radical (unpaired) electrons. The van der Waals surface area contributed by atoms with Gasteiger partial charge in [-0.05, 0) is 42.9 Å². The van der Waals surface area contributed by atoms with Crippen molar-refractivity contribution in [3.8, 4) is 0 Å². The molecule has 0 saturated carbocycles. The molecular weight excluding hydrogens is 274 g/mol. The van der Waals surface area contributed by atoms with Gasteiger partial charge in [0.15, 0.2) is 0 Å². The predicted octanol–water partition coefficient (Wildman–Crippen LogP) is 2.38. The second-order valence-electron chi connectivity index (χ2n) is 5.41. The molecular formula is C15H23NO3S. The normalized spacial score (nSPS) is 21.6. The van der Waals surface area contributed by atoms with Crippen molar-refractivity contribution >= 4 is 10.0 Å². The third-order valence-electron chi connectivity index (χ3n) is 4.13. The van der Waals surface area contributed by atoms with Crippen LogP contribution in [-0.4, -0.2) is 30.9 Å². The Labute approximate surface area is 121 Å². The van der Waals surface area contributed by atoms with E-state index in [9.17, 15) is 8.42 Å². The Bertz CT molecular complexity index is 525. The lowest BCUT2D eigenvalue weighted by Gasteiger charge is -2.20. The van der Waals surface area contributed by atoms with E-state index in [2.05, 4.69) is 6.92 Å². The molecule has 1 aromatic carbocycles. The molecule has 1 unspecified atom stereocenters. The standard InChI is InChI=1S/C15H23NO3S/c1-2-13-4-3-10-16(11-9-13)20(18,19)15-7-5-14(12-17)6-8-15/h5-8,13,17H,2-4,9-12H2,1H3. The first-order valence-electron chi connectivity index (χ1n) is 7.28. The summed E-state index contributed by atoms with van der Waals surface area (Å²) in [4.78, 5) is 0.324. The highest BCUT2D eigenvalue weighted by Gasteiger charge is 2.26. The van der Waals surface area contributed by atoms with Crippen LogP contribution < -0.4 is 0 Å². The molecule has 1 fully saturated rings. The molecule has 0 amide bonds. The molecule has 4 nitrogen and oxygen atoms in total.